The van der Waals surface area contributed by atoms with Crippen molar-refractivity contribution in [3.8, 4) is 0 Å². The molecule has 0 unspecified atom stereocenters. The van der Waals surface area contributed by atoms with Gasteiger partial charge in [-0.3, -0.25) is 9.69 Å². The second kappa shape index (κ2) is 11.4. The van der Waals surface area contributed by atoms with Gasteiger partial charge in [0.1, 0.15) is 5.78 Å². The van der Waals surface area contributed by atoms with E-state index in [4.69, 9.17) is 0 Å². The number of likely N-dealkylation sites (N-methyl/N-ethyl adjacent to an activating group) is 1. The van der Waals surface area contributed by atoms with Gasteiger partial charge in [-0.2, -0.15) is 0 Å². The van der Waals surface area contributed by atoms with E-state index in [2.05, 4.69) is 42.3 Å². The van der Waals surface area contributed by atoms with Gasteiger partial charge in [0, 0.05) is 6.54 Å². The molecule has 0 saturated heterocycles. The number of Topliss-reactive ketones (excluding diaryl/α,β-unsaturated/α-hetero) is 1. The first-order chi connectivity index (χ1) is 10.5. The van der Waals surface area contributed by atoms with E-state index in [1.165, 1.54) is 11.1 Å². The molecule has 0 bridgehead atoms. The Morgan fingerprint density at radius 1 is 1.27 bits per heavy atom. The van der Waals surface area contributed by atoms with Crippen molar-refractivity contribution in [3.63, 3.8) is 0 Å². The Bertz CT molecular complexity index is 429. The maximum atomic E-state index is 11.4. The number of nitrogens with zero attached hydrogens (tertiary/aromatic N) is 1. The highest BCUT2D eigenvalue weighted by atomic mass is 16.1. The molecule has 22 heavy (non-hydrogen) atoms. The molecule has 3 heteroatoms. The zero-order valence-corrected chi connectivity index (χ0v) is 15.4. The van der Waals surface area contributed by atoms with Crippen molar-refractivity contribution in [3.05, 3.63) is 35.4 Å². The van der Waals surface area contributed by atoms with Crippen molar-refractivity contribution in [1.29, 1.82) is 0 Å². The summed E-state index contributed by atoms with van der Waals surface area (Å²) in [7, 11) is 3.99. The number of fused-ring (bicyclic) bond motifs is 1. The van der Waals surface area contributed by atoms with Crippen molar-refractivity contribution < 1.29 is 4.79 Å². The molecule has 126 valence electrons. The number of carbonyl (C=O) groups excluding carboxylic acids is 1. The summed E-state index contributed by atoms with van der Waals surface area (Å²) in [5.41, 5.74) is 2.68. The van der Waals surface area contributed by atoms with Crippen LogP contribution >= 0.6 is 0 Å². The summed E-state index contributed by atoms with van der Waals surface area (Å²) in [5, 5.41) is 3.07. The topological polar surface area (TPSA) is 32.3 Å². The number of rotatable bonds is 3. The molecule has 0 aliphatic carbocycles. The maximum Gasteiger partial charge on any atom is 0.147 e. The zero-order chi connectivity index (χ0) is 17.1. The summed E-state index contributed by atoms with van der Waals surface area (Å²) in [5.74, 6) is 1.05. The van der Waals surface area contributed by atoms with Crippen LogP contribution in [0.5, 0.6) is 0 Å². The quantitative estimate of drug-likeness (QED) is 0.927. The van der Waals surface area contributed by atoms with Crippen LogP contribution in [0.4, 0.5) is 0 Å². The summed E-state index contributed by atoms with van der Waals surface area (Å²) in [6, 6.07) is 8.44. The minimum absolute atomic E-state index is 0.0740. The normalized spacial score (nSPS) is 16.8. The number of ketones is 1. The molecule has 1 heterocycles. The Morgan fingerprint density at radius 3 is 2.23 bits per heavy atom. The van der Waals surface area contributed by atoms with Crippen molar-refractivity contribution in [2.45, 2.75) is 53.6 Å². The fourth-order valence-corrected chi connectivity index (χ4v) is 2.52. The molecule has 0 saturated carbocycles. The van der Waals surface area contributed by atoms with Crippen LogP contribution in [0.1, 0.15) is 45.7 Å². The molecule has 1 aliphatic rings. The fraction of sp³-hybridized carbons (Fsp3) is 0.632. The van der Waals surface area contributed by atoms with E-state index in [0.29, 0.717) is 0 Å². The largest absolute Gasteiger partial charge is 0.319 e. The third-order valence-corrected chi connectivity index (χ3v) is 3.57. The van der Waals surface area contributed by atoms with Gasteiger partial charge in [-0.05, 0) is 51.0 Å². The summed E-state index contributed by atoms with van der Waals surface area (Å²) >= 11 is 0. The van der Waals surface area contributed by atoms with E-state index >= 15 is 0 Å². The van der Waals surface area contributed by atoms with Crippen molar-refractivity contribution in [1.82, 2.24) is 10.2 Å². The summed E-state index contributed by atoms with van der Waals surface area (Å²) < 4.78 is 0. The van der Waals surface area contributed by atoms with Crippen molar-refractivity contribution in [2.24, 2.45) is 5.92 Å². The van der Waals surface area contributed by atoms with Crippen molar-refractivity contribution in [2.75, 3.05) is 20.6 Å². The first kappa shape index (κ1) is 20.8. The van der Waals surface area contributed by atoms with Crippen LogP contribution in [-0.4, -0.2) is 37.4 Å². The maximum absolute atomic E-state index is 11.4. The van der Waals surface area contributed by atoms with Gasteiger partial charge in [0.15, 0.2) is 0 Å². The highest BCUT2D eigenvalue weighted by Gasteiger charge is 2.25. The summed E-state index contributed by atoms with van der Waals surface area (Å²) in [6.45, 7) is 12.1. The highest BCUT2D eigenvalue weighted by molar-refractivity contribution is 5.82. The first-order valence-electron chi connectivity index (χ1n) is 8.37. The Hall–Kier alpha value is -1.19. The molecule has 1 N–H and O–H groups in total. The highest BCUT2D eigenvalue weighted by Crippen LogP contribution is 2.21. The molecule has 0 amide bonds. The van der Waals surface area contributed by atoms with E-state index in [-0.39, 0.29) is 11.8 Å². The molecule has 3 nitrogen and oxygen atoms in total. The lowest BCUT2D eigenvalue weighted by atomic mass is 9.93. The van der Waals surface area contributed by atoms with Crippen molar-refractivity contribution >= 4 is 5.78 Å². The van der Waals surface area contributed by atoms with Gasteiger partial charge in [-0.15, -0.1) is 0 Å². The van der Waals surface area contributed by atoms with E-state index in [1.54, 1.807) is 6.92 Å². The van der Waals surface area contributed by atoms with E-state index < -0.39 is 0 Å². The lowest BCUT2D eigenvalue weighted by Crippen LogP contribution is -2.42. The zero-order valence-electron chi connectivity index (χ0n) is 15.4. The lowest BCUT2D eigenvalue weighted by molar-refractivity contribution is -0.122. The number of carbonyl (C=O) groups is 1. The predicted octanol–water partition coefficient (Wildman–Crippen LogP) is 3.52. The van der Waals surface area contributed by atoms with Gasteiger partial charge in [0.2, 0.25) is 0 Å². The molecule has 0 fully saturated rings. The smallest absolute Gasteiger partial charge is 0.147 e. The Labute approximate surface area is 137 Å². The number of benzene rings is 1. The van der Waals surface area contributed by atoms with Crippen LogP contribution in [0, 0.1) is 5.92 Å². The standard InChI is InChI=1S/C12H15NO.C5H13N.C2H6/c1-9(14)12-7-10-5-3-4-6-11(10)8-13(12)2;1-5(2)4-6-3;1-2/h3-6,12H,7-8H2,1-2H3;5-6H,4H2,1-3H3;1-2H3/t12-;;/m0../s1. The first-order valence-corrected chi connectivity index (χ1v) is 8.37. The van der Waals surface area contributed by atoms with Crippen LogP contribution in [0.15, 0.2) is 24.3 Å². The van der Waals surface area contributed by atoms with Gasteiger partial charge >= 0.3 is 0 Å². The molecule has 1 aliphatic heterocycles. The molecule has 2 rings (SSSR count). The second-order valence-corrected chi connectivity index (χ2v) is 5.97. The molecule has 0 radical (unpaired) electrons. The fourth-order valence-electron chi connectivity index (χ4n) is 2.52. The molecule has 0 spiro atoms. The van der Waals surface area contributed by atoms with E-state index in [9.17, 15) is 4.79 Å². The van der Waals surface area contributed by atoms with Gasteiger partial charge in [-0.25, -0.2) is 0 Å². The van der Waals surface area contributed by atoms with E-state index in [0.717, 1.165) is 25.4 Å². The average Bonchev–Trinajstić information content (AvgIpc) is 2.49. The van der Waals surface area contributed by atoms with Crippen LogP contribution < -0.4 is 5.32 Å². The minimum Gasteiger partial charge on any atom is -0.319 e. The molecular formula is C19H34N2O. The van der Waals surface area contributed by atoms with Crippen LogP contribution in [0.2, 0.25) is 0 Å². The van der Waals surface area contributed by atoms with Gasteiger partial charge in [0.05, 0.1) is 6.04 Å². The lowest BCUT2D eigenvalue weighted by Gasteiger charge is -2.32. The monoisotopic (exact) mass is 306 g/mol. The minimum atomic E-state index is 0.0740. The second-order valence-electron chi connectivity index (χ2n) is 5.97. The number of hydrogen-bond donors (Lipinski definition) is 1. The molecular weight excluding hydrogens is 272 g/mol. The third kappa shape index (κ3) is 7.19. The number of nitrogens with one attached hydrogen (secondary N) is 1. The molecule has 1 aromatic carbocycles. The predicted molar refractivity (Wildman–Crippen MR) is 96.2 cm³/mol. The molecule has 1 atom stereocenters. The average molecular weight is 306 g/mol. The number of hydrogen-bond acceptors (Lipinski definition) is 3. The van der Waals surface area contributed by atoms with Crippen LogP contribution in [0.25, 0.3) is 0 Å². The third-order valence-electron chi connectivity index (χ3n) is 3.57. The van der Waals surface area contributed by atoms with Gasteiger partial charge in [-0.1, -0.05) is 52.0 Å². The van der Waals surface area contributed by atoms with E-state index in [1.807, 2.05) is 34.0 Å². The summed E-state index contributed by atoms with van der Waals surface area (Å²) in [4.78, 5) is 13.5. The Kier molecular flexibility index (Phi) is 10.8. The van der Waals surface area contributed by atoms with Gasteiger partial charge < -0.3 is 5.32 Å². The van der Waals surface area contributed by atoms with Gasteiger partial charge in [0.25, 0.3) is 0 Å². The molecule has 0 aromatic heterocycles. The van der Waals surface area contributed by atoms with Crippen LogP contribution in [0.3, 0.4) is 0 Å². The molecule has 1 aromatic rings. The van der Waals surface area contributed by atoms with Crippen LogP contribution in [-0.2, 0) is 17.8 Å². The SMILES string of the molecule is CC.CC(=O)[C@@H]1Cc2ccccc2CN1C.CNCC(C)C. The summed E-state index contributed by atoms with van der Waals surface area (Å²) in [6.07, 6.45) is 0.863. The Morgan fingerprint density at radius 2 is 1.82 bits per heavy atom. The Balaban J connectivity index is 0.000000470.